The molecule has 0 bridgehead atoms. The van der Waals surface area contributed by atoms with Crippen molar-refractivity contribution in [1.82, 2.24) is 9.78 Å². The van der Waals surface area contributed by atoms with E-state index in [1.54, 1.807) is 0 Å². The van der Waals surface area contributed by atoms with Gasteiger partial charge in [0.2, 0.25) is 0 Å². The molecule has 0 fully saturated rings. The number of halogens is 3. The highest BCUT2D eigenvalue weighted by Gasteiger charge is 2.30. The second kappa shape index (κ2) is 9.42. The van der Waals surface area contributed by atoms with Gasteiger partial charge in [-0.25, -0.2) is 4.68 Å². The second-order valence-corrected chi connectivity index (χ2v) is 7.56. The van der Waals surface area contributed by atoms with Gasteiger partial charge in [0.15, 0.2) is 5.15 Å². The van der Waals surface area contributed by atoms with Gasteiger partial charge < -0.3 is 0 Å². The Kier molecular flexibility index (Phi) is 8.66. The SMILES string of the molecule is CCCCCCCC(C)(CCCC)n1nc(Cl)c(Cl)c1Br. The zero-order chi connectivity index (χ0) is 15.9. The number of nitrogens with zero attached hydrogens (tertiary/aromatic N) is 2. The van der Waals surface area contributed by atoms with Crippen LogP contribution in [0, 0.1) is 0 Å². The van der Waals surface area contributed by atoms with Gasteiger partial charge in [-0.15, -0.1) is 0 Å². The summed E-state index contributed by atoms with van der Waals surface area (Å²) in [7, 11) is 0. The number of rotatable bonds is 10. The summed E-state index contributed by atoms with van der Waals surface area (Å²) >= 11 is 15.8. The average molecular weight is 398 g/mol. The van der Waals surface area contributed by atoms with Crippen molar-refractivity contribution in [2.45, 2.75) is 84.1 Å². The van der Waals surface area contributed by atoms with Crippen LogP contribution in [-0.4, -0.2) is 9.78 Å². The van der Waals surface area contributed by atoms with E-state index in [0.717, 1.165) is 17.4 Å². The van der Waals surface area contributed by atoms with Gasteiger partial charge in [-0.05, 0) is 35.7 Å². The van der Waals surface area contributed by atoms with Gasteiger partial charge in [-0.3, -0.25) is 0 Å². The third-order valence-corrected chi connectivity index (χ3v) is 5.82. The minimum atomic E-state index is -0.0160. The smallest absolute Gasteiger partial charge is 0.170 e. The fraction of sp³-hybridized carbons (Fsp3) is 0.812. The highest BCUT2D eigenvalue weighted by atomic mass is 79.9. The van der Waals surface area contributed by atoms with Gasteiger partial charge in [0.1, 0.15) is 9.63 Å². The molecule has 0 aliphatic rings. The Morgan fingerprint density at radius 3 is 2.10 bits per heavy atom. The standard InChI is InChI=1S/C16H27BrCl2N2/c1-4-6-8-9-10-12-16(3,11-7-5-2)21-14(17)13(18)15(19)20-21/h4-12H2,1-3H3. The van der Waals surface area contributed by atoms with Gasteiger partial charge in [0.25, 0.3) is 0 Å². The molecule has 0 N–H and O–H groups in total. The van der Waals surface area contributed by atoms with Crippen LogP contribution in [0.25, 0.3) is 0 Å². The molecule has 0 aromatic carbocycles. The number of aromatic nitrogens is 2. The molecule has 0 radical (unpaired) electrons. The molecule has 0 amide bonds. The minimum Gasteiger partial charge on any atom is -0.250 e. The molecule has 0 saturated carbocycles. The Morgan fingerprint density at radius 2 is 1.57 bits per heavy atom. The maximum atomic E-state index is 6.18. The van der Waals surface area contributed by atoms with E-state index < -0.39 is 0 Å². The fourth-order valence-electron chi connectivity index (χ4n) is 2.72. The van der Waals surface area contributed by atoms with E-state index in [-0.39, 0.29) is 5.54 Å². The molecule has 5 heteroatoms. The lowest BCUT2D eigenvalue weighted by Crippen LogP contribution is -2.31. The maximum absolute atomic E-state index is 6.18. The van der Waals surface area contributed by atoms with E-state index in [9.17, 15) is 0 Å². The van der Waals surface area contributed by atoms with Crippen molar-refractivity contribution in [3.63, 3.8) is 0 Å². The summed E-state index contributed by atoms with van der Waals surface area (Å²) in [6, 6.07) is 0. The van der Waals surface area contributed by atoms with Crippen molar-refractivity contribution in [2.75, 3.05) is 0 Å². The average Bonchev–Trinajstić information content (AvgIpc) is 2.73. The van der Waals surface area contributed by atoms with Gasteiger partial charge >= 0.3 is 0 Å². The molecule has 0 saturated heterocycles. The van der Waals surface area contributed by atoms with E-state index in [1.807, 2.05) is 4.68 Å². The van der Waals surface area contributed by atoms with E-state index in [0.29, 0.717) is 10.2 Å². The van der Waals surface area contributed by atoms with Crippen molar-refractivity contribution in [2.24, 2.45) is 0 Å². The molecule has 0 spiro atoms. The molecule has 1 atom stereocenters. The third kappa shape index (κ3) is 5.44. The Morgan fingerprint density at radius 1 is 1.00 bits per heavy atom. The monoisotopic (exact) mass is 396 g/mol. The Labute approximate surface area is 147 Å². The minimum absolute atomic E-state index is 0.0160. The molecule has 1 aromatic rings. The first kappa shape index (κ1) is 19.3. The van der Waals surface area contributed by atoms with Crippen molar-refractivity contribution < 1.29 is 0 Å². The molecular formula is C16H27BrCl2N2. The quantitative estimate of drug-likeness (QED) is 0.381. The first-order valence-electron chi connectivity index (χ1n) is 8.06. The first-order valence-corrected chi connectivity index (χ1v) is 9.61. The molecule has 2 nitrogen and oxygen atoms in total. The topological polar surface area (TPSA) is 17.8 Å². The van der Waals surface area contributed by atoms with Gasteiger partial charge in [0.05, 0.1) is 5.54 Å². The van der Waals surface area contributed by atoms with Crippen LogP contribution in [0.1, 0.15) is 78.6 Å². The zero-order valence-electron chi connectivity index (χ0n) is 13.4. The summed E-state index contributed by atoms with van der Waals surface area (Å²) < 4.78 is 2.80. The van der Waals surface area contributed by atoms with Crippen molar-refractivity contribution in [3.05, 3.63) is 14.8 Å². The molecule has 0 aliphatic heterocycles. The summed E-state index contributed by atoms with van der Waals surface area (Å²) in [4.78, 5) is 0. The summed E-state index contributed by atoms with van der Waals surface area (Å²) in [6.07, 6.45) is 11.0. The summed E-state index contributed by atoms with van der Waals surface area (Å²) in [5, 5.41) is 5.36. The number of unbranched alkanes of at least 4 members (excludes halogenated alkanes) is 5. The molecule has 1 unspecified atom stereocenters. The van der Waals surface area contributed by atoms with Gasteiger partial charge in [0, 0.05) is 0 Å². The molecule has 122 valence electrons. The largest absolute Gasteiger partial charge is 0.250 e. The van der Waals surface area contributed by atoms with Crippen molar-refractivity contribution in [3.8, 4) is 0 Å². The van der Waals surface area contributed by atoms with Gasteiger partial charge in [-0.1, -0.05) is 82.0 Å². The van der Waals surface area contributed by atoms with Crippen LogP contribution in [0.2, 0.25) is 10.2 Å². The number of hydrogen-bond donors (Lipinski definition) is 0. The van der Waals surface area contributed by atoms with Crippen LogP contribution in [-0.2, 0) is 5.54 Å². The normalized spacial score (nSPS) is 14.4. The predicted molar refractivity (Wildman–Crippen MR) is 96.5 cm³/mol. The Bertz CT molecular complexity index is 434. The predicted octanol–water partition coefficient (Wildman–Crippen LogP) is 7.22. The zero-order valence-corrected chi connectivity index (χ0v) is 16.5. The van der Waals surface area contributed by atoms with Crippen LogP contribution in [0.5, 0.6) is 0 Å². The lowest BCUT2D eigenvalue weighted by molar-refractivity contribution is 0.224. The molecule has 1 rings (SSSR count). The van der Waals surface area contributed by atoms with E-state index in [2.05, 4.69) is 41.8 Å². The maximum Gasteiger partial charge on any atom is 0.170 e. The Balaban J connectivity index is 2.79. The molecular weight excluding hydrogens is 371 g/mol. The van der Waals surface area contributed by atoms with Crippen molar-refractivity contribution >= 4 is 39.1 Å². The second-order valence-electron chi connectivity index (χ2n) is 6.07. The lowest BCUT2D eigenvalue weighted by atomic mass is 9.88. The van der Waals surface area contributed by atoms with Crippen LogP contribution in [0.3, 0.4) is 0 Å². The highest BCUT2D eigenvalue weighted by molar-refractivity contribution is 9.10. The lowest BCUT2D eigenvalue weighted by Gasteiger charge is -2.31. The highest BCUT2D eigenvalue weighted by Crippen LogP contribution is 2.38. The molecule has 1 heterocycles. The fourth-order valence-corrected chi connectivity index (χ4v) is 3.81. The molecule has 21 heavy (non-hydrogen) atoms. The van der Waals surface area contributed by atoms with Gasteiger partial charge in [-0.2, -0.15) is 5.10 Å². The first-order chi connectivity index (χ1) is 9.96. The number of hydrogen-bond acceptors (Lipinski definition) is 1. The molecule has 0 aliphatic carbocycles. The van der Waals surface area contributed by atoms with E-state index in [4.69, 9.17) is 23.2 Å². The van der Waals surface area contributed by atoms with E-state index >= 15 is 0 Å². The van der Waals surface area contributed by atoms with Crippen LogP contribution in [0.4, 0.5) is 0 Å². The Hall–Kier alpha value is 0.270. The summed E-state index contributed by atoms with van der Waals surface area (Å²) in [6.45, 7) is 6.74. The summed E-state index contributed by atoms with van der Waals surface area (Å²) in [5.74, 6) is 0. The van der Waals surface area contributed by atoms with Crippen LogP contribution >= 0.6 is 39.1 Å². The van der Waals surface area contributed by atoms with Crippen LogP contribution in [0.15, 0.2) is 4.60 Å². The summed E-state index contributed by atoms with van der Waals surface area (Å²) in [5.41, 5.74) is -0.0160. The van der Waals surface area contributed by atoms with Crippen LogP contribution < -0.4 is 0 Å². The molecule has 1 aromatic heterocycles. The van der Waals surface area contributed by atoms with E-state index in [1.165, 1.54) is 44.9 Å². The van der Waals surface area contributed by atoms with Crippen molar-refractivity contribution in [1.29, 1.82) is 0 Å². The third-order valence-electron chi connectivity index (χ3n) is 4.14.